The van der Waals surface area contributed by atoms with E-state index in [0.717, 1.165) is 0 Å². The quantitative estimate of drug-likeness (QED) is 0.626. The van der Waals surface area contributed by atoms with Gasteiger partial charge >= 0.3 is 12.0 Å². The van der Waals surface area contributed by atoms with Crippen LogP contribution in [0.2, 0.25) is 0 Å². The summed E-state index contributed by atoms with van der Waals surface area (Å²) in [6, 6.07) is 2.36. The van der Waals surface area contributed by atoms with Crippen molar-refractivity contribution in [2.75, 3.05) is 11.9 Å². The Balaban J connectivity index is 1.88. The number of urea groups is 1. The van der Waals surface area contributed by atoms with Gasteiger partial charge in [-0.25, -0.2) is 14.6 Å². The Morgan fingerprint density at radius 3 is 2.95 bits per heavy atom. The third kappa shape index (κ3) is 3.44. The first-order valence-electron chi connectivity index (χ1n) is 6.09. The average molecular weight is 278 g/mol. The van der Waals surface area contributed by atoms with Crippen LogP contribution in [0, 0.1) is 0 Å². The minimum Gasteiger partial charge on any atom is -0.476 e. The molecule has 1 fully saturated rings. The molecule has 0 aromatic carbocycles. The van der Waals surface area contributed by atoms with E-state index in [2.05, 4.69) is 20.9 Å². The monoisotopic (exact) mass is 278 g/mol. The van der Waals surface area contributed by atoms with E-state index in [4.69, 9.17) is 5.11 Å². The number of aromatic carboxylic acids is 1. The number of pyridine rings is 1. The molecule has 106 valence electrons. The highest BCUT2D eigenvalue weighted by Gasteiger charge is 2.21. The summed E-state index contributed by atoms with van der Waals surface area (Å²) in [6.45, 7) is 0.292. The van der Waals surface area contributed by atoms with Gasteiger partial charge in [0.2, 0.25) is 5.91 Å². The lowest BCUT2D eigenvalue weighted by Crippen LogP contribution is -2.40. The predicted molar refractivity (Wildman–Crippen MR) is 69.4 cm³/mol. The van der Waals surface area contributed by atoms with Crippen LogP contribution in [-0.2, 0) is 4.79 Å². The molecule has 0 saturated carbocycles. The third-order valence-electron chi connectivity index (χ3n) is 2.85. The van der Waals surface area contributed by atoms with E-state index in [0.29, 0.717) is 19.4 Å². The second-order valence-corrected chi connectivity index (χ2v) is 4.34. The Hall–Kier alpha value is -2.64. The van der Waals surface area contributed by atoms with Crippen molar-refractivity contribution in [1.82, 2.24) is 15.6 Å². The molecule has 0 bridgehead atoms. The Morgan fingerprint density at radius 2 is 2.30 bits per heavy atom. The molecule has 1 unspecified atom stereocenters. The Bertz CT molecular complexity index is 546. The van der Waals surface area contributed by atoms with E-state index in [1.165, 1.54) is 18.3 Å². The fraction of sp³-hybridized carbons (Fsp3) is 0.333. The number of hydrogen-bond acceptors (Lipinski definition) is 4. The fourth-order valence-corrected chi connectivity index (χ4v) is 1.89. The predicted octanol–water partition coefficient (Wildman–Crippen LogP) is 0.180. The molecule has 0 spiro atoms. The largest absolute Gasteiger partial charge is 0.476 e. The maximum absolute atomic E-state index is 11.7. The highest BCUT2D eigenvalue weighted by molar-refractivity contribution is 5.98. The zero-order valence-corrected chi connectivity index (χ0v) is 10.5. The number of aromatic nitrogens is 1. The van der Waals surface area contributed by atoms with E-state index >= 15 is 0 Å². The van der Waals surface area contributed by atoms with Crippen molar-refractivity contribution in [2.45, 2.75) is 18.9 Å². The van der Waals surface area contributed by atoms with Crippen LogP contribution in [0.3, 0.4) is 0 Å². The second kappa shape index (κ2) is 6.00. The van der Waals surface area contributed by atoms with Crippen LogP contribution in [0.5, 0.6) is 0 Å². The summed E-state index contributed by atoms with van der Waals surface area (Å²) >= 11 is 0. The van der Waals surface area contributed by atoms with Gasteiger partial charge in [-0.3, -0.25) is 4.79 Å². The molecule has 0 aliphatic carbocycles. The zero-order valence-electron chi connectivity index (χ0n) is 10.5. The van der Waals surface area contributed by atoms with Crippen LogP contribution in [0.4, 0.5) is 10.5 Å². The molecule has 2 rings (SSSR count). The number of nitrogens with zero attached hydrogens (tertiary/aromatic N) is 1. The number of carboxylic acids is 1. The maximum atomic E-state index is 11.7. The highest BCUT2D eigenvalue weighted by Crippen LogP contribution is 2.11. The SMILES string of the molecule is O=C1CCC(CNC(=O)Nc2cccnc2C(=O)O)N1. The molecule has 1 saturated heterocycles. The van der Waals surface area contributed by atoms with Crippen LogP contribution >= 0.6 is 0 Å². The molecule has 2 heterocycles. The molecule has 1 atom stereocenters. The fourth-order valence-electron chi connectivity index (χ4n) is 1.89. The molecule has 1 aromatic heterocycles. The number of carbonyl (C=O) groups is 3. The van der Waals surface area contributed by atoms with Gasteiger partial charge in [0, 0.05) is 25.2 Å². The number of amides is 3. The van der Waals surface area contributed by atoms with E-state index in [9.17, 15) is 14.4 Å². The summed E-state index contributed by atoms with van der Waals surface area (Å²) in [4.78, 5) is 37.3. The number of nitrogens with one attached hydrogen (secondary N) is 3. The first-order valence-corrected chi connectivity index (χ1v) is 6.09. The maximum Gasteiger partial charge on any atom is 0.356 e. The summed E-state index contributed by atoms with van der Waals surface area (Å²) in [5, 5.41) is 16.6. The van der Waals surface area contributed by atoms with E-state index < -0.39 is 12.0 Å². The van der Waals surface area contributed by atoms with Gasteiger partial charge in [0.25, 0.3) is 0 Å². The Kier molecular flexibility index (Phi) is 4.14. The van der Waals surface area contributed by atoms with Gasteiger partial charge in [-0.05, 0) is 18.6 Å². The summed E-state index contributed by atoms with van der Waals surface area (Å²) in [5.74, 6) is -1.25. The van der Waals surface area contributed by atoms with Crippen LogP contribution in [0.25, 0.3) is 0 Å². The summed E-state index contributed by atoms with van der Waals surface area (Å²) < 4.78 is 0. The standard InChI is InChI=1S/C12H14N4O4/c17-9-4-3-7(15-9)6-14-12(20)16-8-2-1-5-13-10(8)11(18)19/h1-2,5,7H,3-4,6H2,(H,15,17)(H,18,19)(H2,14,16,20). The van der Waals surface area contributed by atoms with Crippen molar-refractivity contribution in [3.8, 4) is 0 Å². The van der Waals surface area contributed by atoms with Gasteiger partial charge in [-0.1, -0.05) is 0 Å². The first-order chi connectivity index (χ1) is 9.56. The van der Waals surface area contributed by atoms with E-state index in [-0.39, 0.29) is 23.3 Å². The van der Waals surface area contributed by atoms with Gasteiger partial charge in [0.15, 0.2) is 5.69 Å². The molecule has 0 radical (unpaired) electrons. The molecular formula is C12H14N4O4. The number of hydrogen-bond donors (Lipinski definition) is 4. The topological polar surface area (TPSA) is 120 Å². The Morgan fingerprint density at radius 1 is 1.50 bits per heavy atom. The first kappa shape index (κ1) is 13.8. The normalized spacial score (nSPS) is 17.4. The van der Waals surface area contributed by atoms with Gasteiger partial charge < -0.3 is 21.1 Å². The molecule has 3 amide bonds. The van der Waals surface area contributed by atoms with Gasteiger partial charge in [0.1, 0.15) is 0 Å². The number of rotatable bonds is 4. The minimum atomic E-state index is -1.22. The molecule has 1 aromatic rings. The average Bonchev–Trinajstić information content (AvgIpc) is 2.83. The van der Waals surface area contributed by atoms with Crippen molar-refractivity contribution in [3.63, 3.8) is 0 Å². The molecule has 8 nitrogen and oxygen atoms in total. The Labute approximate surface area is 114 Å². The van der Waals surface area contributed by atoms with Crippen LogP contribution < -0.4 is 16.0 Å². The molecular weight excluding hydrogens is 264 g/mol. The van der Waals surface area contributed by atoms with Crippen molar-refractivity contribution in [3.05, 3.63) is 24.0 Å². The molecule has 20 heavy (non-hydrogen) atoms. The lowest BCUT2D eigenvalue weighted by molar-refractivity contribution is -0.119. The zero-order chi connectivity index (χ0) is 14.5. The van der Waals surface area contributed by atoms with Crippen molar-refractivity contribution in [1.29, 1.82) is 0 Å². The molecule has 1 aliphatic heterocycles. The van der Waals surface area contributed by atoms with Gasteiger partial charge in [-0.2, -0.15) is 0 Å². The van der Waals surface area contributed by atoms with Crippen LogP contribution in [0.1, 0.15) is 23.3 Å². The lowest BCUT2D eigenvalue weighted by Gasteiger charge is -2.12. The molecule has 1 aliphatic rings. The highest BCUT2D eigenvalue weighted by atomic mass is 16.4. The second-order valence-electron chi connectivity index (χ2n) is 4.34. The van der Waals surface area contributed by atoms with Crippen molar-refractivity contribution < 1.29 is 19.5 Å². The number of carbonyl (C=O) groups excluding carboxylic acids is 2. The van der Waals surface area contributed by atoms with Crippen LogP contribution in [-0.4, -0.2) is 40.6 Å². The number of anilines is 1. The van der Waals surface area contributed by atoms with E-state index in [1.807, 2.05) is 0 Å². The van der Waals surface area contributed by atoms with Crippen LogP contribution in [0.15, 0.2) is 18.3 Å². The molecule has 8 heteroatoms. The minimum absolute atomic E-state index is 0.0300. The summed E-state index contributed by atoms with van der Waals surface area (Å²) in [7, 11) is 0. The van der Waals surface area contributed by atoms with Crippen molar-refractivity contribution >= 4 is 23.6 Å². The summed E-state index contributed by atoms with van der Waals surface area (Å²) in [6.07, 6.45) is 2.46. The van der Waals surface area contributed by atoms with Gasteiger partial charge in [-0.15, -0.1) is 0 Å². The summed E-state index contributed by atoms with van der Waals surface area (Å²) in [5.41, 5.74) is -0.107. The smallest absolute Gasteiger partial charge is 0.356 e. The number of carboxylic acid groups (broad SMARTS) is 1. The van der Waals surface area contributed by atoms with E-state index in [1.54, 1.807) is 0 Å². The van der Waals surface area contributed by atoms with Crippen molar-refractivity contribution in [2.24, 2.45) is 0 Å². The van der Waals surface area contributed by atoms with Gasteiger partial charge in [0.05, 0.1) is 5.69 Å². The molecule has 4 N–H and O–H groups in total. The third-order valence-corrected chi connectivity index (χ3v) is 2.85. The lowest BCUT2D eigenvalue weighted by atomic mass is 10.2.